The van der Waals surface area contributed by atoms with Gasteiger partial charge in [0.1, 0.15) is 0 Å². The summed E-state index contributed by atoms with van der Waals surface area (Å²) in [5.41, 5.74) is 6.05. The lowest BCUT2D eigenvalue weighted by molar-refractivity contribution is 0.0600. The lowest BCUT2D eigenvalue weighted by Crippen LogP contribution is -2.00. The molecule has 0 saturated carbocycles. The lowest BCUT2D eigenvalue weighted by Gasteiger charge is -2.06. The van der Waals surface area contributed by atoms with Crippen molar-refractivity contribution in [2.45, 2.75) is 20.8 Å². The summed E-state index contributed by atoms with van der Waals surface area (Å²) in [4.78, 5) is 15.9. The molecule has 0 aliphatic heterocycles. The lowest BCUT2D eigenvalue weighted by atomic mass is 10.1. The highest BCUT2D eigenvalue weighted by Gasteiger charge is 2.04. The molecule has 0 unspecified atom stereocenters. The summed E-state index contributed by atoms with van der Waals surface area (Å²) < 4.78 is 4.68. The fourth-order valence-corrected chi connectivity index (χ4v) is 2.34. The van der Waals surface area contributed by atoms with Gasteiger partial charge in [-0.2, -0.15) is 0 Å². The van der Waals surface area contributed by atoms with E-state index in [1.165, 1.54) is 12.7 Å². The van der Waals surface area contributed by atoms with Crippen LogP contribution in [0.4, 0.5) is 5.69 Å². The third-order valence-corrected chi connectivity index (χ3v) is 3.31. The SMILES string of the molecule is COC(=O)c1ccc(C=Nc2c(C)cc(C)cc2C)cc1. The Kier molecular flexibility index (Phi) is 4.53. The highest BCUT2D eigenvalue weighted by molar-refractivity contribution is 5.91. The third kappa shape index (κ3) is 3.57. The number of aliphatic imine (C=N–C) groups is 1. The fraction of sp³-hybridized carbons (Fsp3) is 0.222. The molecule has 0 radical (unpaired) electrons. The van der Waals surface area contributed by atoms with E-state index in [1.54, 1.807) is 12.1 Å². The van der Waals surface area contributed by atoms with E-state index in [2.05, 4.69) is 42.6 Å². The van der Waals surface area contributed by atoms with E-state index in [0.717, 1.165) is 22.4 Å². The van der Waals surface area contributed by atoms with Crippen LogP contribution in [-0.4, -0.2) is 19.3 Å². The number of nitrogens with zero attached hydrogens (tertiary/aromatic N) is 1. The molecule has 2 aromatic rings. The van der Waals surface area contributed by atoms with Crippen LogP contribution in [-0.2, 0) is 4.74 Å². The number of hydrogen-bond donors (Lipinski definition) is 0. The summed E-state index contributed by atoms with van der Waals surface area (Å²) >= 11 is 0. The normalized spacial score (nSPS) is 10.9. The van der Waals surface area contributed by atoms with E-state index in [-0.39, 0.29) is 5.97 Å². The molecule has 2 aromatic carbocycles. The summed E-state index contributed by atoms with van der Waals surface area (Å²) in [6.07, 6.45) is 1.81. The van der Waals surface area contributed by atoms with E-state index < -0.39 is 0 Å². The van der Waals surface area contributed by atoms with Crippen LogP contribution in [0.5, 0.6) is 0 Å². The topological polar surface area (TPSA) is 38.7 Å². The Morgan fingerprint density at radius 2 is 1.62 bits per heavy atom. The van der Waals surface area contributed by atoms with Crippen molar-refractivity contribution in [3.63, 3.8) is 0 Å². The van der Waals surface area contributed by atoms with Gasteiger partial charge in [0.25, 0.3) is 0 Å². The highest BCUT2D eigenvalue weighted by atomic mass is 16.5. The minimum Gasteiger partial charge on any atom is -0.465 e. The second-order valence-electron chi connectivity index (χ2n) is 5.12. The van der Waals surface area contributed by atoms with Crippen LogP contribution in [0.3, 0.4) is 0 Å². The second-order valence-corrected chi connectivity index (χ2v) is 5.12. The quantitative estimate of drug-likeness (QED) is 0.626. The molecule has 0 aliphatic rings. The Bertz CT molecular complexity index is 662. The van der Waals surface area contributed by atoms with Crippen molar-refractivity contribution in [2.24, 2.45) is 4.99 Å². The zero-order valence-electron chi connectivity index (χ0n) is 12.8. The molecule has 0 bridgehead atoms. The molecular formula is C18H19NO2. The van der Waals surface area contributed by atoms with E-state index in [0.29, 0.717) is 5.56 Å². The number of rotatable bonds is 3. The van der Waals surface area contributed by atoms with Gasteiger partial charge in [-0.3, -0.25) is 4.99 Å². The Morgan fingerprint density at radius 3 is 2.14 bits per heavy atom. The van der Waals surface area contributed by atoms with Crippen LogP contribution in [0.2, 0.25) is 0 Å². The molecule has 0 fully saturated rings. The molecule has 0 aliphatic carbocycles. The summed E-state index contributed by atoms with van der Waals surface area (Å²) in [5, 5.41) is 0. The van der Waals surface area contributed by atoms with Crippen molar-refractivity contribution < 1.29 is 9.53 Å². The predicted octanol–water partition coefficient (Wildman–Crippen LogP) is 4.15. The zero-order valence-corrected chi connectivity index (χ0v) is 12.8. The average molecular weight is 281 g/mol. The van der Waals surface area contributed by atoms with Crippen molar-refractivity contribution in [1.82, 2.24) is 0 Å². The van der Waals surface area contributed by atoms with Crippen molar-refractivity contribution in [1.29, 1.82) is 0 Å². The van der Waals surface area contributed by atoms with Gasteiger partial charge in [0, 0.05) is 6.21 Å². The Balaban J connectivity index is 2.24. The largest absolute Gasteiger partial charge is 0.465 e. The molecule has 0 saturated heterocycles. The van der Waals surface area contributed by atoms with E-state index in [4.69, 9.17) is 0 Å². The highest BCUT2D eigenvalue weighted by Crippen LogP contribution is 2.24. The van der Waals surface area contributed by atoms with Crippen molar-refractivity contribution in [3.05, 3.63) is 64.2 Å². The molecule has 2 rings (SSSR count). The Morgan fingerprint density at radius 1 is 1.05 bits per heavy atom. The van der Waals surface area contributed by atoms with Gasteiger partial charge in [-0.15, -0.1) is 0 Å². The van der Waals surface area contributed by atoms with E-state index in [1.807, 2.05) is 18.3 Å². The first-order chi connectivity index (χ1) is 10.0. The van der Waals surface area contributed by atoms with Crippen LogP contribution < -0.4 is 0 Å². The fourth-order valence-electron chi connectivity index (χ4n) is 2.34. The minimum absolute atomic E-state index is 0.330. The number of carbonyl (C=O) groups is 1. The van der Waals surface area contributed by atoms with Gasteiger partial charge in [-0.05, 0) is 49.6 Å². The van der Waals surface area contributed by atoms with Gasteiger partial charge in [-0.1, -0.05) is 29.8 Å². The molecule has 3 heteroatoms. The number of carbonyl (C=O) groups excluding carboxylic acids is 1. The second kappa shape index (κ2) is 6.35. The van der Waals surface area contributed by atoms with E-state index in [9.17, 15) is 4.79 Å². The standard InChI is InChI=1S/C18H19NO2/c1-12-9-13(2)17(14(3)10-12)19-11-15-5-7-16(8-6-15)18(20)21-4/h5-11H,1-4H3. The van der Waals surface area contributed by atoms with Gasteiger partial charge in [0.2, 0.25) is 0 Å². The number of hydrogen-bond acceptors (Lipinski definition) is 3. The van der Waals surface area contributed by atoms with Gasteiger partial charge in [0.05, 0.1) is 18.4 Å². The molecule has 0 aromatic heterocycles. The van der Waals surface area contributed by atoms with Crippen LogP contribution >= 0.6 is 0 Å². The van der Waals surface area contributed by atoms with Crippen LogP contribution in [0.25, 0.3) is 0 Å². The summed E-state index contributed by atoms with van der Waals surface area (Å²) in [7, 11) is 1.38. The van der Waals surface area contributed by atoms with Gasteiger partial charge in [0.15, 0.2) is 0 Å². The first-order valence-electron chi connectivity index (χ1n) is 6.81. The van der Waals surface area contributed by atoms with Crippen molar-refractivity contribution >= 4 is 17.9 Å². The molecule has 0 amide bonds. The summed E-state index contributed by atoms with van der Waals surface area (Å²) in [6, 6.07) is 11.4. The number of esters is 1. The zero-order chi connectivity index (χ0) is 15.4. The average Bonchev–Trinajstić information content (AvgIpc) is 2.46. The first-order valence-corrected chi connectivity index (χ1v) is 6.81. The van der Waals surface area contributed by atoms with Crippen LogP contribution in [0, 0.1) is 20.8 Å². The minimum atomic E-state index is -0.330. The van der Waals surface area contributed by atoms with Gasteiger partial charge in [-0.25, -0.2) is 4.79 Å². The smallest absolute Gasteiger partial charge is 0.337 e. The number of methoxy groups -OCH3 is 1. The molecule has 0 atom stereocenters. The van der Waals surface area contributed by atoms with Crippen LogP contribution in [0.15, 0.2) is 41.4 Å². The molecular weight excluding hydrogens is 262 g/mol. The molecule has 0 spiro atoms. The molecule has 0 heterocycles. The molecule has 108 valence electrons. The molecule has 0 N–H and O–H groups in total. The van der Waals surface area contributed by atoms with Gasteiger partial charge >= 0.3 is 5.97 Å². The predicted molar refractivity (Wildman–Crippen MR) is 85.7 cm³/mol. The number of benzene rings is 2. The first kappa shape index (κ1) is 15.0. The number of aryl methyl sites for hydroxylation is 3. The van der Waals surface area contributed by atoms with Gasteiger partial charge < -0.3 is 4.74 Å². The Hall–Kier alpha value is -2.42. The van der Waals surface area contributed by atoms with Crippen molar-refractivity contribution in [3.8, 4) is 0 Å². The maximum atomic E-state index is 11.4. The summed E-state index contributed by atoms with van der Waals surface area (Å²) in [5.74, 6) is -0.330. The monoisotopic (exact) mass is 281 g/mol. The third-order valence-electron chi connectivity index (χ3n) is 3.31. The number of ether oxygens (including phenoxy) is 1. The van der Waals surface area contributed by atoms with Crippen LogP contribution in [0.1, 0.15) is 32.6 Å². The van der Waals surface area contributed by atoms with E-state index >= 15 is 0 Å². The maximum absolute atomic E-state index is 11.4. The Labute approximate surface area is 125 Å². The van der Waals surface area contributed by atoms with Crippen molar-refractivity contribution in [2.75, 3.05) is 7.11 Å². The molecule has 3 nitrogen and oxygen atoms in total. The maximum Gasteiger partial charge on any atom is 0.337 e. The summed E-state index contributed by atoms with van der Waals surface area (Å²) in [6.45, 7) is 6.21. The molecule has 21 heavy (non-hydrogen) atoms.